The number of benzene rings is 3. The molecular weight excluding hydrogens is 1060 g/mol. The Morgan fingerprint density at radius 1 is 0.538 bits per heavy atom. The molecule has 0 atom stereocenters. The van der Waals surface area contributed by atoms with Gasteiger partial charge < -0.3 is 18.8 Å². The van der Waals surface area contributed by atoms with Crippen LogP contribution in [0, 0.1) is 17.5 Å². The number of aromatic nitrogens is 6. The molecule has 78 heavy (non-hydrogen) atoms. The maximum Gasteiger partial charge on any atom is 0.277 e. The van der Waals surface area contributed by atoms with Crippen LogP contribution >= 0.6 is 35.3 Å². The first-order chi connectivity index (χ1) is 37.7. The van der Waals surface area contributed by atoms with E-state index in [9.17, 15) is 27.6 Å². The number of halogens is 3. The van der Waals surface area contributed by atoms with Crippen LogP contribution in [0.15, 0.2) is 124 Å². The molecular formula is C56H58F3N9O7S3. The summed E-state index contributed by atoms with van der Waals surface area (Å²) in [5.41, 5.74) is 13.9. The minimum absolute atomic E-state index is 0.0190. The fraction of sp³-hybridized carbons (Fsp3) is 0.250. The molecule has 3 aromatic carbocycles. The van der Waals surface area contributed by atoms with Crippen LogP contribution in [0.4, 0.5) is 13.2 Å². The number of hydrogen-bond donors (Lipinski definition) is 4. The van der Waals surface area contributed by atoms with Gasteiger partial charge in [-0.15, -0.1) is 35.3 Å². The highest BCUT2D eigenvalue weighted by molar-refractivity contribution is 7.99. The van der Waals surface area contributed by atoms with E-state index in [1.165, 1.54) is 60.6 Å². The maximum atomic E-state index is 14.5. The van der Waals surface area contributed by atoms with E-state index >= 15 is 0 Å². The molecule has 0 aliphatic carbocycles. The van der Waals surface area contributed by atoms with Crippen molar-refractivity contribution in [2.75, 3.05) is 45.7 Å². The van der Waals surface area contributed by atoms with Gasteiger partial charge in [-0.1, -0.05) is 18.2 Å². The quantitative estimate of drug-likeness (QED) is 0.0362. The van der Waals surface area contributed by atoms with Crippen molar-refractivity contribution in [3.8, 4) is 0 Å². The van der Waals surface area contributed by atoms with Gasteiger partial charge >= 0.3 is 0 Å². The van der Waals surface area contributed by atoms with E-state index in [1.54, 1.807) is 79.6 Å². The Balaban J connectivity index is 0.000000170. The third-order valence-electron chi connectivity index (χ3n) is 12.6. The molecule has 0 fully saturated rings. The SMILES string of the molecule is CCONC(=O)c1c(Cc2ccc(SC)cc2F)n(C)c2ncccc12.CONC(=O)c1c(Cc2ccc(SC)cc2F)n(C)c2ncccc12.CSc1ccc(Cc2c(C(=O)NOCCO)c3cccnc3n2C)c(F)c1. The third-order valence-corrected chi connectivity index (χ3v) is 14.8. The molecule has 0 bridgehead atoms. The van der Waals surface area contributed by atoms with Crippen molar-refractivity contribution in [3.63, 3.8) is 0 Å². The van der Waals surface area contributed by atoms with Gasteiger partial charge in [-0.25, -0.2) is 44.6 Å². The van der Waals surface area contributed by atoms with Crippen molar-refractivity contribution in [3.05, 3.63) is 178 Å². The molecule has 0 radical (unpaired) electrons. The number of aliphatic hydroxyl groups excluding tert-OH is 1. The van der Waals surface area contributed by atoms with Crippen LogP contribution in [-0.4, -0.2) is 97.2 Å². The van der Waals surface area contributed by atoms with E-state index in [0.717, 1.165) is 14.7 Å². The van der Waals surface area contributed by atoms with Gasteiger partial charge in [0.05, 0.1) is 43.6 Å². The van der Waals surface area contributed by atoms with E-state index in [1.807, 2.05) is 72.3 Å². The molecule has 6 heterocycles. The second kappa shape index (κ2) is 27.4. The van der Waals surface area contributed by atoms with Gasteiger partial charge in [-0.2, -0.15) is 0 Å². The topological polar surface area (TPSA) is 189 Å². The van der Waals surface area contributed by atoms with E-state index in [0.29, 0.717) is 90.2 Å². The number of rotatable bonds is 18. The molecule has 4 N–H and O–H groups in total. The summed E-state index contributed by atoms with van der Waals surface area (Å²) in [4.78, 5) is 68.2. The highest BCUT2D eigenvalue weighted by Crippen LogP contribution is 2.31. The van der Waals surface area contributed by atoms with Crippen molar-refractivity contribution >= 4 is 86.1 Å². The molecule has 0 unspecified atom stereocenters. The first-order valence-electron chi connectivity index (χ1n) is 24.2. The summed E-state index contributed by atoms with van der Waals surface area (Å²) in [7, 11) is 6.82. The minimum atomic E-state index is -0.460. The van der Waals surface area contributed by atoms with Crippen LogP contribution < -0.4 is 16.4 Å². The lowest BCUT2D eigenvalue weighted by atomic mass is 10.0. The van der Waals surface area contributed by atoms with Crippen molar-refractivity contribution < 1.29 is 47.2 Å². The smallest absolute Gasteiger partial charge is 0.277 e. The Morgan fingerprint density at radius 3 is 1.17 bits per heavy atom. The van der Waals surface area contributed by atoms with Crippen molar-refractivity contribution in [1.29, 1.82) is 0 Å². The van der Waals surface area contributed by atoms with Crippen LogP contribution in [0.25, 0.3) is 33.1 Å². The normalized spacial score (nSPS) is 11.1. The number of hydrogen-bond acceptors (Lipinski definition) is 13. The number of hydroxylamine groups is 3. The zero-order chi connectivity index (χ0) is 56.0. The van der Waals surface area contributed by atoms with Crippen LogP contribution in [0.2, 0.25) is 0 Å². The van der Waals surface area contributed by atoms with Gasteiger partial charge in [0.2, 0.25) is 0 Å². The van der Waals surface area contributed by atoms with Crippen molar-refractivity contribution in [2.24, 2.45) is 21.1 Å². The molecule has 9 rings (SSSR count). The molecule has 22 heteroatoms. The Labute approximate surface area is 461 Å². The fourth-order valence-corrected chi connectivity index (χ4v) is 10.1. The van der Waals surface area contributed by atoms with E-state index in [4.69, 9.17) is 19.6 Å². The van der Waals surface area contributed by atoms with Crippen LogP contribution in [0.3, 0.4) is 0 Å². The molecule has 3 amide bonds. The number of nitrogens with zero attached hydrogens (tertiary/aromatic N) is 6. The number of thioether (sulfide) groups is 3. The predicted molar refractivity (Wildman–Crippen MR) is 299 cm³/mol. The number of pyridine rings is 3. The van der Waals surface area contributed by atoms with Crippen LogP contribution in [-0.2, 0) is 54.9 Å². The largest absolute Gasteiger partial charge is 0.394 e. The van der Waals surface area contributed by atoms with Crippen LogP contribution in [0.1, 0.15) is 71.8 Å². The Bertz CT molecular complexity index is 3610. The first-order valence-corrected chi connectivity index (χ1v) is 27.9. The van der Waals surface area contributed by atoms with Gasteiger partial charge in [0.15, 0.2) is 0 Å². The number of aryl methyl sites for hydroxylation is 3. The molecule has 0 aliphatic heterocycles. The predicted octanol–water partition coefficient (Wildman–Crippen LogP) is 9.70. The fourth-order valence-electron chi connectivity index (χ4n) is 8.79. The zero-order valence-corrected chi connectivity index (χ0v) is 46.5. The highest BCUT2D eigenvalue weighted by Gasteiger charge is 2.26. The lowest BCUT2D eigenvalue weighted by Gasteiger charge is -2.10. The van der Waals surface area contributed by atoms with E-state index < -0.39 is 5.91 Å². The summed E-state index contributed by atoms with van der Waals surface area (Å²) < 4.78 is 48.9. The molecule has 9 aromatic rings. The number of fused-ring (bicyclic) bond motifs is 3. The summed E-state index contributed by atoms with van der Waals surface area (Å²) in [6.07, 6.45) is 11.5. The van der Waals surface area contributed by atoms with Gasteiger partial charge in [0.1, 0.15) is 34.4 Å². The average Bonchev–Trinajstić information content (AvgIpc) is 4.10. The minimum Gasteiger partial charge on any atom is -0.394 e. The summed E-state index contributed by atoms with van der Waals surface area (Å²) in [5, 5.41) is 10.9. The summed E-state index contributed by atoms with van der Waals surface area (Å²) in [5.74, 6) is -2.09. The van der Waals surface area contributed by atoms with Crippen LogP contribution in [0.5, 0.6) is 0 Å². The van der Waals surface area contributed by atoms with Gasteiger partial charge in [-0.3, -0.25) is 28.9 Å². The second-order valence-corrected chi connectivity index (χ2v) is 19.8. The lowest BCUT2D eigenvalue weighted by molar-refractivity contribution is 0.0168. The summed E-state index contributed by atoms with van der Waals surface area (Å²) in [6, 6.07) is 26.1. The Kier molecular flexibility index (Phi) is 20.6. The third kappa shape index (κ3) is 13.2. The molecule has 0 spiro atoms. The molecule has 0 saturated heterocycles. The average molecular weight is 1120 g/mol. The highest BCUT2D eigenvalue weighted by atomic mass is 32.2. The number of aliphatic hydroxyl groups is 1. The number of carbonyl (C=O) groups is 3. The van der Waals surface area contributed by atoms with Gasteiger partial charge in [0.25, 0.3) is 17.7 Å². The van der Waals surface area contributed by atoms with Crippen molar-refractivity contribution in [1.82, 2.24) is 45.1 Å². The summed E-state index contributed by atoms with van der Waals surface area (Å²) in [6.45, 7) is 1.91. The molecule has 6 aromatic heterocycles. The monoisotopic (exact) mass is 1120 g/mol. The zero-order valence-electron chi connectivity index (χ0n) is 44.1. The first kappa shape index (κ1) is 58.5. The van der Waals surface area contributed by atoms with E-state index in [-0.39, 0.29) is 61.7 Å². The molecule has 408 valence electrons. The number of carbonyl (C=O) groups excluding carboxylic acids is 3. The lowest BCUT2D eigenvalue weighted by Crippen LogP contribution is -2.26. The Hall–Kier alpha value is -7.18. The second-order valence-electron chi connectivity index (χ2n) is 17.2. The molecule has 0 aliphatic rings. The molecule has 0 saturated carbocycles. The Morgan fingerprint density at radius 2 is 0.872 bits per heavy atom. The van der Waals surface area contributed by atoms with E-state index in [2.05, 4.69) is 31.4 Å². The van der Waals surface area contributed by atoms with Crippen molar-refractivity contribution in [2.45, 2.75) is 40.9 Å². The van der Waals surface area contributed by atoms with Gasteiger partial charge in [-0.05, 0) is 115 Å². The standard InChI is InChI=1S/C19H20FN3O3S.C19H20FN3O2S.C18H18FN3O2S/c1-23-16(10-12-5-6-13(27-2)11-15(12)20)17(19(25)22-26-9-8-24)14-4-3-7-21-18(14)23;1-4-25-22-19(24)17-14-6-5-9-21-18(14)23(2)16(17)10-12-7-8-13(26-3)11-15(12)20;1-22-15(9-11-6-7-12(25-3)10-14(11)19)16(18(23)21-24-2)13-5-4-8-20-17(13)22/h3-7,11,24H,8-10H2,1-2H3,(H,22,25);5-9,11H,4,10H2,1-3H3,(H,22,24);4-8,10H,9H2,1-3H3,(H,21,23). The maximum absolute atomic E-state index is 14.5. The van der Waals surface area contributed by atoms with Gasteiger partial charge in [0, 0.05) is 107 Å². The molecule has 16 nitrogen and oxygen atoms in total. The number of nitrogens with one attached hydrogen (secondary N) is 3. The summed E-state index contributed by atoms with van der Waals surface area (Å²) >= 11 is 4.44. The number of amides is 3.